The summed E-state index contributed by atoms with van der Waals surface area (Å²) in [6.45, 7) is 3.84. The van der Waals surface area contributed by atoms with Crippen molar-refractivity contribution >= 4 is 22.6 Å². The predicted molar refractivity (Wildman–Crippen MR) is 97.4 cm³/mol. The Morgan fingerprint density at radius 1 is 1.16 bits per heavy atom. The van der Waals surface area contributed by atoms with E-state index in [1.165, 1.54) is 7.11 Å². The number of rotatable bonds is 2. The number of aryl methyl sites for hydroxylation is 1. The molecule has 1 N–H and O–H groups in total. The Morgan fingerprint density at radius 3 is 2.72 bits per heavy atom. The molecule has 1 unspecified atom stereocenters. The molecule has 0 bridgehead atoms. The molecule has 2 aromatic carbocycles. The van der Waals surface area contributed by atoms with E-state index in [4.69, 9.17) is 4.74 Å². The highest BCUT2D eigenvalue weighted by molar-refractivity contribution is 5.95. The summed E-state index contributed by atoms with van der Waals surface area (Å²) in [4.78, 5) is 12.6. The first-order valence-electron chi connectivity index (χ1n) is 8.20. The molecule has 1 aliphatic rings. The molecular formula is C20H19N3O2. The largest absolute Gasteiger partial charge is 0.466 e. The second-order valence-corrected chi connectivity index (χ2v) is 6.24. The molecule has 126 valence electrons. The number of aromatic nitrogens is 2. The summed E-state index contributed by atoms with van der Waals surface area (Å²) in [5.41, 5.74) is 3.29. The van der Waals surface area contributed by atoms with Crippen LogP contribution in [-0.2, 0) is 9.53 Å². The Labute approximate surface area is 145 Å². The molecule has 0 fully saturated rings. The van der Waals surface area contributed by atoms with Crippen LogP contribution in [0.1, 0.15) is 24.2 Å². The fourth-order valence-corrected chi connectivity index (χ4v) is 3.54. The molecule has 4 rings (SSSR count). The number of fused-ring (bicyclic) bond motifs is 2. The van der Waals surface area contributed by atoms with E-state index in [9.17, 15) is 4.79 Å². The van der Waals surface area contributed by atoms with Gasteiger partial charge in [-0.1, -0.05) is 42.5 Å². The first-order valence-corrected chi connectivity index (χ1v) is 8.20. The van der Waals surface area contributed by atoms with Crippen LogP contribution in [0.3, 0.4) is 0 Å². The van der Waals surface area contributed by atoms with Crippen LogP contribution >= 0.6 is 0 Å². The van der Waals surface area contributed by atoms with E-state index in [-0.39, 0.29) is 12.0 Å². The zero-order valence-corrected chi connectivity index (χ0v) is 14.4. The number of methoxy groups -OCH3 is 1. The van der Waals surface area contributed by atoms with Crippen molar-refractivity contribution in [3.8, 4) is 0 Å². The third kappa shape index (κ3) is 2.39. The summed E-state index contributed by atoms with van der Waals surface area (Å²) in [6, 6.07) is 16.0. The molecule has 5 heteroatoms. The van der Waals surface area contributed by atoms with Crippen LogP contribution in [0.5, 0.6) is 0 Å². The Hall–Kier alpha value is -3.08. The number of anilines is 1. The molecule has 0 aliphatic carbocycles. The smallest absolute Gasteiger partial charge is 0.338 e. The maximum Gasteiger partial charge on any atom is 0.338 e. The van der Waals surface area contributed by atoms with Crippen molar-refractivity contribution in [3.05, 3.63) is 71.1 Å². The zero-order valence-electron chi connectivity index (χ0n) is 14.4. The number of benzene rings is 2. The summed E-state index contributed by atoms with van der Waals surface area (Å²) < 4.78 is 6.94. The van der Waals surface area contributed by atoms with Crippen molar-refractivity contribution in [2.45, 2.75) is 19.9 Å². The second kappa shape index (κ2) is 5.77. The lowest BCUT2D eigenvalue weighted by molar-refractivity contribution is -0.136. The molecule has 1 aliphatic heterocycles. The Morgan fingerprint density at radius 2 is 1.92 bits per heavy atom. The van der Waals surface area contributed by atoms with Gasteiger partial charge in [0.25, 0.3) is 0 Å². The summed E-state index contributed by atoms with van der Waals surface area (Å²) in [5.74, 6) is 0.530. The lowest BCUT2D eigenvalue weighted by Gasteiger charge is -2.29. The van der Waals surface area contributed by atoms with Gasteiger partial charge in [0, 0.05) is 11.8 Å². The van der Waals surface area contributed by atoms with Crippen LogP contribution in [0.4, 0.5) is 5.82 Å². The molecule has 1 aromatic heterocycles. The number of nitrogens with zero attached hydrogens (tertiary/aromatic N) is 2. The highest BCUT2D eigenvalue weighted by atomic mass is 16.5. The molecule has 1 atom stereocenters. The van der Waals surface area contributed by atoms with Crippen LogP contribution in [0.25, 0.3) is 10.8 Å². The number of nitrogens with one attached hydrogen (secondary N) is 1. The van der Waals surface area contributed by atoms with Gasteiger partial charge in [-0.3, -0.25) is 0 Å². The predicted octanol–water partition coefficient (Wildman–Crippen LogP) is 3.81. The minimum atomic E-state index is -0.346. The number of esters is 1. The number of ether oxygens (including phenoxy) is 1. The van der Waals surface area contributed by atoms with Gasteiger partial charge in [0.2, 0.25) is 0 Å². The number of carbonyl (C=O) groups excluding carboxylic acids is 1. The van der Waals surface area contributed by atoms with Crippen LogP contribution in [0.15, 0.2) is 59.8 Å². The standard InChI is InChI=1S/C20H19N3O2/c1-12-11-17-21-13(2)18(20(24)25-3)19(23(17)22-12)16-10-6-8-14-7-4-5-9-15(14)16/h4-11,19,21H,1-3H3. The SMILES string of the molecule is COC(=O)C1=C(C)Nc2cc(C)nn2C1c1cccc2ccccc12. The molecular weight excluding hydrogens is 314 g/mol. The van der Waals surface area contributed by atoms with Crippen molar-refractivity contribution in [1.29, 1.82) is 0 Å². The molecule has 0 spiro atoms. The minimum Gasteiger partial charge on any atom is -0.466 e. The van der Waals surface area contributed by atoms with E-state index in [2.05, 4.69) is 34.7 Å². The molecule has 5 nitrogen and oxygen atoms in total. The van der Waals surface area contributed by atoms with Gasteiger partial charge in [0.05, 0.1) is 18.4 Å². The molecule has 25 heavy (non-hydrogen) atoms. The van der Waals surface area contributed by atoms with Crippen LogP contribution in [-0.4, -0.2) is 22.9 Å². The van der Waals surface area contributed by atoms with Gasteiger partial charge < -0.3 is 10.1 Å². The van der Waals surface area contributed by atoms with Crippen molar-refractivity contribution in [2.24, 2.45) is 0 Å². The van der Waals surface area contributed by atoms with E-state index in [1.54, 1.807) is 0 Å². The van der Waals surface area contributed by atoms with Gasteiger partial charge in [-0.25, -0.2) is 9.48 Å². The van der Waals surface area contributed by atoms with E-state index in [0.29, 0.717) is 5.57 Å². The van der Waals surface area contributed by atoms with E-state index in [0.717, 1.165) is 33.5 Å². The monoisotopic (exact) mass is 333 g/mol. The average molecular weight is 333 g/mol. The summed E-state index contributed by atoms with van der Waals surface area (Å²) >= 11 is 0. The summed E-state index contributed by atoms with van der Waals surface area (Å²) in [5, 5.41) is 10.1. The Balaban J connectivity index is 2.02. The molecule has 0 saturated heterocycles. The third-order valence-corrected chi connectivity index (χ3v) is 4.62. The number of hydrogen-bond donors (Lipinski definition) is 1. The van der Waals surface area contributed by atoms with Crippen molar-refractivity contribution in [1.82, 2.24) is 9.78 Å². The number of carbonyl (C=O) groups is 1. The zero-order chi connectivity index (χ0) is 17.6. The van der Waals surface area contributed by atoms with Crippen LogP contribution in [0.2, 0.25) is 0 Å². The van der Waals surface area contributed by atoms with Gasteiger partial charge in [-0.05, 0) is 30.2 Å². The molecule has 0 radical (unpaired) electrons. The van der Waals surface area contributed by atoms with Crippen LogP contribution in [0, 0.1) is 6.92 Å². The second-order valence-electron chi connectivity index (χ2n) is 6.24. The fourth-order valence-electron chi connectivity index (χ4n) is 3.54. The molecule has 2 heterocycles. The van der Waals surface area contributed by atoms with E-state index in [1.807, 2.05) is 42.8 Å². The lowest BCUT2D eigenvalue weighted by Crippen LogP contribution is -2.29. The number of allylic oxidation sites excluding steroid dienone is 1. The number of hydrogen-bond acceptors (Lipinski definition) is 4. The van der Waals surface area contributed by atoms with Gasteiger partial charge in [0.1, 0.15) is 11.9 Å². The topological polar surface area (TPSA) is 56.1 Å². The minimum absolute atomic E-state index is 0.330. The van der Waals surface area contributed by atoms with E-state index >= 15 is 0 Å². The maximum absolute atomic E-state index is 12.6. The third-order valence-electron chi connectivity index (χ3n) is 4.62. The highest BCUT2D eigenvalue weighted by Crippen LogP contribution is 2.39. The molecule has 3 aromatic rings. The van der Waals surface area contributed by atoms with Crippen molar-refractivity contribution in [3.63, 3.8) is 0 Å². The average Bonchev–Trinajstić information content (AvgIpc) is 2.99. The first-order chi connectivity index (χ1) is 12.1. The summed E-state index contributed by atoms with van der Waals surface area (Å²) in [7, 11) is 1.41. The molecule has 0 amide bonds. The first kappa shape index (κ1) is 15.4. The Bertz CT molecular complexity index is 1010. The fraction of sp³-hybridized carbons (Fsp3) is 0.200. The maximum atomic E-state index is 12.6. The quantitative estimate of drug-likeness (QED) is 0.725. The van der Waals surface area contributed by atoms with Gasteiger partial charge in [-0.15, -0.1) is 0 Å². The van der Waals surface area contributed by atoms with Gasteiger partial charge in [0.15, 0.2) is 0 Å². The van der Waals surface area contributed by atoms with Crippen molar-refractivity contribution in [2.75, 3.05) is 12.4 Å². The van der Waals surface area contributed by atoms with E-state index < -0.39 is 0 Å². The van der Waals surface area contributed by atoms with Gasteiger partial charge >= 0.3 is 5.97 Å². The summed E-state index contributed by atoms with van der Waals surface area (Å²) in [6.07, 6.45) is 0. The lowest BCUT2D eigenvalue weighted by atomic mass is 9.91. The van der Waals surface area contributed by atoms with Gasteiger partial charge in [-0.2, -0.15) is 5.10 Å². The Kier molecular flexibility index (Phi) is 3.57. The van der Waals surface area contributed by atoms with Crippen molar-refractivity contribution < 1.29 is 9.53 Å². The van der Waals surface area contributed by atoms with Crippen LogP contribution < -0.4 is 5.32 Å². The highest BCUT2D eigenvalue weighted by Gasteiger charge is 2.34. The molecule has 0 saturated carbocycles. The normalized spacial score (nSPS) is 16.5.